The van der Waals surface area contributed by atoms with Gasteiger partial charge in [0.15, 0.2) is 0 Å². The molecule has 0 unspecified atom stereocenters. The second kappa shape index (κ2) is 2.23. The summed E-state index contributed by atoms with van der Waals surface area (Å²) < 4.78 is 0. The van der Waals surface area contributed by atoms with Crippen LogP contribution in [-0.2, 0) is 0 Å². The highest BCUT2D eigenvalue weighted by atomic mass is 16.3. The Morgan fingerprint density at radius 1 is 1.45 bits per heavy atom. The molecule has 2 heteroatoms. The molecule has 0 spiro atoms. The molecule has 0 atom stereocenters. The molecule has 2 rings (SSSR count). The summed E-state index contributed by atoms with van der Waals surface area (Å²) in [5, 5.41) is 9.89. The third kappa shape index (κ3) is 1.03. The first kappa shape index (κ1) is 6.16. The largest absolute Gasteiger partial charge is 0.506 e. The molecule has 1 radical (unpaired) electrons. The van der Waals surface area contributed by atoms with E-state index in [0.29, 0.717) is 0 Å². The van der Waals surface area contributed by atoms with Crippen LogP contribution in [0.2, 0.25) is 0 Å². The summed E-state index contributed by atoms with van der Waals surface area (Å²) in [5.74, 6) is 0.181. The summed E-state index contributed by atoms with van der Waals surface area (Å²) in [6.07, 6.45) is 1.43. The van der Waals surface area contributed by atoms with Crippen LogP contribution in [0, 0.1) is 6.07 Å². The molecule has 11 heavy (non-hydrogen) atoms. The second-order valence-electron chi connectivity index (χ2n) is 2.30. The van der Waals surface area contributed by atoms with Gasteiger partial charge in [-0.15, -0.1) is 0 Å². The molecular formula is C9H6NO. The van der Waals surface area contributed by atoms with E-state index in [2.05, 4.69) is 11.1 Å². The van der Waals surface area contributed by atoms with Gasteiger partial charge in [0.25, 0.3) is 0 Å². The Labute approximate surface area is 64.1 Å². The van der Waals surface area contributed by atoms with Crippen LogP contribution in [0.5, 0.6) is 5.75 Å². The summed E-state index contributed by atoms with van der Waals surface area (Å²) in [5.41, 5.74) is 0.852. The quantitative estimate of drug-likeness (QED) is 0.611. The fraction of sp³-hybridized carbons (Fsp3) is 0. The molecule has 1 heterocycles. The second-order valence-corrected chi connectivity index (χ2v) is 2.30. The molecule has 0 bridgehead atoms. The highest BCUT2D eigenvalue weighted by Gasteiger charge is 1.93. The minimum Gasteiger partial charge on any atom is -0.506 e. The van der Waals surface area contributed by atoms with Crippen molar-refractivity contribution in [2.75, 3.05) is 0 Å². The predicted molar refractivity (Wildman–Crippen MR) is 42.2 cm³/mol. The Bertz CT molecular complexity index is 384. The molecule has 0 saturated carbocycles. The third-order valence-electron chi connectivity index (χ3n) is 1.49. The zero-order chi connectivity index (χ0) is 7.68. The first-order valence-electron chi connectivity index (χ1n) is 3.32. The van der Waals surface area contributed by atoms with Crippen molar-refractivity contribution in [1.82, 2.24) is 4.98 Å². The Balaban J connectivity index is 2.83. The number of hydrogen-bond donors (Lipinski definition) is 1. The molecule has 1 aromatic carbocycles. The van der Waals surface area contributed by atoms with Crippen molar-refractivity contribution in [2.24, 2.45) is 0 Å². The van der Waals surface area contributed by atoms with E-state index in [4.69, 9.17) is 5.11 Å². The Morgan fingerprint density at radius 2 is 2.36 bits per heavy atom. The van der Waals surface area contributed by atoms with Crippen molar-refractivity contribution in [1.29, 1.82) is 0 Å². The number of benzene rings is 1. The number of nitrogens with zero attached hydrogens (tertiary/aromatic N) is 1. The van der Waals surface area contributed by atoms with Crippen LogP contribution in [0.15, 0.2) is 30.5 Å². The zero-order valence-corrected chi connectivity index (χ0v) is 5.78. The van der Waals surface area contributed by atoms with Gasteiger partial charge in [-0.3, -0.25) is 4.98 Å². The molecule has 0 aliphatic carbocycles. The van der Waals surface area contributed by atoms with E-state index in [-0.39, 0.29) is 5.75 Å². The molecule has 1 aromatic heterocycles. The first-order valence-corrected chi connectivity index (χ1v) is 3.32. The first-order chi connectivity index (χ1) is 5.36. The van der Waals surface area contributed by atoms with Crippen LogP contribution in [0.25, 0.3) is 10.9 Å². The maximum atomic E-state index is 9.05. The molecular weight excluding hydrogens is 138 g/mol. The van der Waals surface area contributed by atoms with Crippen LogP contribution in [-0.4, -0.2) is 10.1 Å². The molecule has 0 aliphatic heterocycles. The van der Waals surface area contributed by atoms with E-state index < -0.39 is 0 Å². The maximum absolute atomic E-state index is 9.05. The summed E-state index contributed by atoms with van der Waals surface area (Å²) in [7, 11) is 0. The van der Waals surface area contributed by atoms with Gasteiger partial charge in [-0.2, -0.15) is 0 Å². The van der Waals surface area contributed by atoms with Gasteiger partial charge in [0, 0.05) is 5.39 Å². The Morgan fingerprint density at radius 3 is 3.27 bits per heavy atom. The average molecular weight is 144 g/mol. The summed E-state index contributed by atoms with van der Waals surface area (Å²) in [6, 6.07) is 10.2. The lowest BCUT2D eigenvalue weighted by atomic mass is 10.2. The molecule has 1 N–H and O–H groups in total. The zero-order valence-electron chi connectivity index (χ0n) is 5.78. The summed E-state index contributed by atoms with van der Waals surface area (Å²) in [4.78, 5) is 4.00. The lowest BCUT2D eigenvalue weighted by molar-refractivity contribution is 0.474. The van der Waals surface area contributed by atoms with Crippen molar-refractivity contribution in [3.8, 4) is 5.75 Å². The van der Waals surface area contributed by atoms with E-state index in [1.807, 2.05) is 12.1 Å². The van der Waals surface area contributed by atoms with Crippen LogP contribution < -0.4 is 0 Å². The molecule has 0 fully saturated rings. The van der Waals surface area contributed by atoms with Crippen molar-refractivity contribution >= 4 is 10.9 Å². The summed E-state index contributed by atoms with van der Waals surface area (Å²) >= 11 is 0. The Hall–Kier alpha value is -1.57. The fourth-order valence-electron chi connectivity index (χ4n) is 0.990. The van der Waals surface area contributed by atoms with Gasteiger partial charge in [0.1, 0.15) is 5.75 Å². The minimum atomic E-state index is 0.181. The minimum absolute atomic E-state index is 0.181. The SMILES string of the molecule is Oc1cnc2ccc[c]c2c1. The number of hydrogen-bond acceptors (Lipinski definition) is 2. The van der Waals surface area contributed by atoms with Crippen molar-refractivity contribution < 1.29 is 5.11 Å². The van der Waals surface area contributed by atoms with Crippen molar-refractivity contribution in [2.45, 2.75) is 0 Å². The van der Waals surface area contributed by atoms with E-state index in [9.17, 15) is 0 Å². The van der Waals surface area contributed by atoms with Crippen LogP contribution >= 0.6 is 0 Å². The smallest absolute Gasteiger partial charge is 0.134 e. The molecule has 2 aromatic rings. The van der Waals surface area contributed by atoms with E-state index in [0.717, 1.165) is 10.9 Å². The van der Waals surface area contributed by atoms with Crippen LogP contribution in [0.3, 0.4) is 0 Å². The maximum Gasteiger partial charge on any atom is 0.134 e. The van der Waals surface area contributed by atoms with E-state index in [1.54, 1.807) is 12.1 Å². The van der Waals surface area contributed by atoms with Gasteiger partial charge in [-0.05, 0) is 18.2 Å². The van der Waals surface area contributed by atoms with Crippen LogP contribution in [0.4, 0.5) is 0 Å². The summed E-state index contributed by atoms with van der Waals surface area (Å²) in [6.45, 7) is 0. The molecule has 0 aliphatic rings. The van der Waals surface area contributed by atoms with Crippen LogP contribution in [0.1, 0.15) is 0 Å². The van der Waals surface area contributed by atoms with Gasteiger partial charge < -0.3 is 5.11 Å². The average Bonchev–Trinajstić information content (AvgIpc) is 2.04. The number of aromatic nitrogens is 1. The predicted octanol–water partition coefficient (Wildman–Crippen LogP) is 1.74. The van der Waals surface area contributed by atoms with Gasteiger partial charge >= 0.3 is 0 Å². The molecule has 53 valence electrons. The fourth-order valence-corrected chi connectivity index (χ4v) is 0.990. The van der Waals surface area contributed by atoms with Gasteiger partial charge in [0.2, 0.25) is 0 Å². The van der Waals surface area contributed by atoms with E-state index >= 15 is 0 Å². The monoisotopic (exact) mass is 144 g/mol. The molecule has 2 nitrogen and oxygen atoms in total. The van der Waals surface area contributed by atoms with Gasteiger partial charge in [0.05, 0.1) is 11.7 Å². The highest BCUT2D eigenvalue weighted by Crippen LogP contribution is 2.15. The number of aromatic hydroxyl groups is 1. The topological polar surface area (TPSA) is 33.1 Å². The number of pyridine rings is 1. The Kier molecular flexibility index (Phi) is 1.25. The molecule has 0 saturated heterocycles. The van der Waals surface area contributed by atoms with Gasteiger partial charge in [-0.1, -0.05) is 12.1 Å². The number of fused-ring (bicyclic) bond motifs is 1. The normalized spacial score (nSPS) is 10.2. The standard InChI is InChI=1S/C9H6NO/c11-8-5-7-3-1-2-4-9(7)10-6-8/h1-2,4-6,11H. The van der Waals surface area contributed by atoms with E-state index in [1.165, 1.54) is 6.20 Å². The number of rotatable bonds is 0. The lowest BCUT2D eigenvalue weighted by Gasteiger charge is -1.94. The van der Waals surface area contributed by atoms with Gasteiger partial charge in [-0.25, -0.2) is 0 Å². The lowest BCUT2D eigenvalue weighted by Crippen LogP contribution is -1.76. The highest BCUT2D eigenvalue weighted by molar-refractivity contribution is 5.78. The van der Waals surface area contributed by atoms with Crippen molar-refractivity contribution in [3.63, 3.8) is 0 Å². The molecule has 0 amide bonds. The third-order valence-corrected chi connectivity index (χ3v) is 1.49. The van der Waals surface area contributed by atoms with Crippen molar-refractivity contribution in [3.05, 3.63) is 36.5 Å².